The molecule has 0 radical (unpaired) electrons. The van der Waals surface area contributed by atoms with Crippen molar-refractivity contribution in [1.82, 2.24) is 14.5 Å². The summed E-state index contributed by atoms with van der Waals surface area (Å²) in [5.41, 5.74) is 0.721. The highest BCUT2D eigenvalue weighted by Crippen LogP contribution is 2.29. The van der Waals surface area contributed by atoms with E-state index >= 15 is 0 Å². The lowest BCUT2D eigenvalue weighted by atomic mass is 10.0. The third-order valence-electron chi connectivity index (χ3n) is 4.69. The Kier molecular flexibility index (Phi) is 5.95. The Morgan fingerprint density at radius 2 is 2.14 bits per heavy atom. The number of nitro groups is 1. The molecule has 3 rings (SSSR count). The molecule has 2 heterocycles. The van der Waals surface area contributed by atoms with Crippen LogP contribution in [0.25, 0.3) is 0 Å². The summed E-state index contributed by atoms with van der Waals surface area (Å²) in [6, 6.07) is 5.79. The summed E-state index contributed by atoms with van der Waals surface area (Å²) in [6.07, 6.45) is 1.45. The first kappa shape index (κ1) is 20.5. The van der Waals surface area contributed by atoms with E-state index in [2.05, 4.69) is 9.72 Å². The Bertz CT molecular complexity index is 887. The SMILES string of the molecule is CC[C@H]1Oc2nc([N+](=O)[O-])cn2C[C@@H]1N(Cc1ccc(OC(F)F)cc1)C(C)=O. The Morgan fingerprint density at radius 3 is 2.69 bits per heavy atom. The molecule has 1 aromatic heterocycles. The Labute approximate surface area is 165 Å². The van der Waals surface area contributed by atoms with Crippen molar-refractivity contribution in [3.8, 4) is 11.8 Å². The number of nitrogens with zero attached hydrogens (tertiary/aromatic N) is 4. The number of hydrogen-bond donors (Lipinski definition) is 0. The first-order valence-electron chi connectivity index (χ1n) is 8.97. The smallest absolute Gasteiger partial charge is 0.414 e. The van der Waals surface area contributed by atoms with Crippen LogP contribution in [0.15, 0.2) is 30.5 Å². The van der Waals surface area contributed by atoms with Gasteiger partial charge in [-0.2, -0.15) is 8.78 Å². The van der Waals surface area contributed by atoms with Crippen molar-refractivity contribution >= 4 is 11.7 Å². The maximum Gasteiger partial charge on any atom is 0.414 e. The van der Waals surface area contributed by atoms with Crippen LogP contribution in [0.3, 0.4) is 0 Å². The molecule has 0 bridgehead atoms. The standard InChI is InChI=1S/C18H20F2N4O5/c1-3-15-14(9-22-10-16(24(26)27)21-18(22)29-15)23(11(2)25)8-12-4-6-13(7-5-12)28-17(19)20/h4-7,10,14-15,17H,3,8-9H2,1-2H3/t14-,15+/m0/s1. The molecule has 2 atom stereocenters. The van der Waals surface area contributed by atoms with Gasteiger partial charge in [0.1, 0.15) is 18.1 Å². The van der Waals surface area contributed by atoms with Crippen LogP contribution >= 0.6 is 0 Å². The van der Waals surface area contributed by atoms with E-state index in [1.165, 1.54) is 29.8 Å². The summed E-state index contributed by atoms with van der Waals surface area (Å²) in [7, 11) is 0. The van der Waals surface area contributed by atoms with Gasteiger partial charge in [-0.3, -0.25) is 9.36 Å². The summed E-state index contributed by atoms with van der Waals surface area (Å²) in [5.74, 6) is -0.497. The molecule has 9 nitrogen and oxygen atoms in total. The predicted molar refractivity (Wildman–Crippen MR) is 96.7 cm³/mol. The highest BCUT2D eigenvalue weighted by atomic mass is 19.3. The number of imidazole rings is 1. The molecule has 11 heteroatoms. The molecular formula is C18H20F2N4O5. The second-order valence-electron chi connectivity index (χ2n) is 6.59. The fourth-order valence-electron chi connectivity index (χ4n) is 3.32. The second kappa shape index (κ2) is 8.41. The molecule has 0 fully saturated rings. The first-order valence-corrected chi connectivity index (χ1v) is 8.97. The molecule has 1 aromatic carbocycles. The minimum absolute atomic E-state index is 0.0286. The zero-order chi connectivity index (χ0) is 21.1. The van der Waals surface area contributed by atoms with Gasteiger partial charge in [-0.25, -0.2) is 0 Å². The predicted octanol–water partition coefficient (Wildman–Crippen LogP) is 2.98. The summed E-state index contributed by atoms with van der Waals surface area (Å²) in [6.45, 7) is 0.918. The maximum atomic E-state index is 12.4. The zero-order valence-electron chi connectivity index (χ0n) is 15.8. The van der Waals surface area contributed by atoms with Crippen LogP contribution in [-0.4, -0.2) is 44.0 Å². The van der Waals surface area contributed by atoms with Crippen molar-refractivity contribution < 1.29 is 28.0 Å². The average Bonchev–Trinajstić information content (AvgIpc) is 3.09. The van der Waals surface area contributed by atoms with Gasteiger partial charge < -0.3 is 24.5 Å². The van der Waals surface area contributed by atoms with Crippen molar-refractivity contribution in [2.75, 3.05) is 0 Å². The fourth-order valence-corrected chi connectivity index (χ4v) is 3.32. The molecule has 1 amide bonds. The number of benzene rings is 1. The van der Waals surface area contributed by atoms with Gasteiger partial charge in [-0.1, -0.05) is 19.1 Å². The molecule has 2 aromatic rings. The van der Waals surface area contributed by atoms with Gasteiger partial charge in [0.15, 0.2) is 0 Å². The third-order valence-corrected chi connectivity index (χ3v) is 4.69. The van der Waals surface area contributed by atoms with Gasteiger partial charge in [0.05, 0.1) is 12.6 Å². The van der Waals surface area contributed by atoms with E-state index < -0.39 is 17.6 Å². The molecule has 29 heavy (non-hydrogen) atoms. The van der Waals surface area contributed by atoms with Crippen molar-refractivity contribution in [3.63, 3.8) is 0 Å². The number of halogens is 2. The quantitative estimate of drug-likeness (QED) is 0.514. The molecule has 0 aliphatic carbocycles. The minimum Gasteiger partial charge on any atom is -0.440 e. The van der Waals surface area contributed by atoms with E-state index in [-0.39, 0.29) is 36.1 Å². The van der Waals surface area contributed by atoms with Gasteiger partial charge in [-0.15, -0.1) is 0 Å². The lowest BCUT2D eigenvalue weighted by Gasteiger charge is -2.38. The van der Waals surface area contributed by atoms with Gasteiger partial charge in [0.2, 0.25) is 5.91 Å². The number of fused-ring (bicyclic) bond motifs is 1. The number of ether oxygens (including phenoxy) is 2. The van der Waals surface area contributed by atoms with E-state index in [0.29, 0.717) is 13.0 Å². The largest absolute Gasteiger partial charge is 0.440 e. The molecule has 1 aliphatic heterocycles. The van der Waals surface area contributed by atoms with Gasteiger partial charge in [-0.05, 0) is 29.0 Å². The molecule has 0 unspecified atom stereocenters. The van der Waals surface area contributed by atoms with Crippen LogP contribution in [0.2, 0.25) is 0 Å². The monoisotopic (exact) mass is 410 g/mol. The number of aromatic nitrogens is 2. The van der Waals surface area contributed by atoms with E-state index in [4.69, 9.17) is 4.74 Å². The summed E-state index contributed by atoms with van der Waals surface area (Å²) in [5, 5.41) is 11.0. The molecular weight excluding hydrogens is 390 g/mol. The zero-order valence-corrected chi connectivity index (χ0v) is 15.8. The van der Waals surface area contributed by atoms with Gasteiger partial charge in [0.25, 0.3) is 0 Å². The summed E-state index contributed by atoms with van der Waals surface area (Å²) < 4.78 is 36.3. The van der Waals surface area contributed by atoms with E-state index in [9.17, 15) is 23.7 Å². The molecule has 0 spiro atoms. The average molecular weight is 410 g/mol. The Balaban J connectivity index is 1.81. The number of carbonyl (C=O) groups is 1. The van der Waals surface area contributed by atoms with Crippen LogP contribution in [0, 0.1) is 10.1 Å². The van der Waals surface area contributed by atoms with Crippen molar-refractivity contribution in [1.29, 1.82) is 0 Å². The molecule has 0 saturated carbocycles. The lowest BCUT2D eigenvalue weighted by Crippen LogP contribution is -2.52. The fraction of sp³-hybridized carbons (Fsp3) is 0.444. The van der Waals surface area contributed by atoms with Crippen LogP contribution in [-0.2, 0) is 17.9 Å². The molecule has 1 aliphatic rings. The second-order valence-corrected chi connectivity index (χ2v) is 6.59. The van der Waals surface area contributed by atoms with Crippen molar-refractivity contribution in [2.24, 2.45) is 0 Å². The van der Waals surface area contributed by atoms with Gasteiger partial charge >= 0.3 is 18.4 Å². The van der Waals surface area contributed by atoms with Crippen molar-refractivity contribution in [3.05, 3.63) is 46.1 Å². The Morgan fingerprint density at radius 1 is 1.45 bits per heavy atom. The van der Waals surface area contributed by atoms with Crippen molar-refractivity contribution in [2.45, 2.75) is 52.1 Å². The normalized spacial score (nSPS) is 18.1. The highest BCUT2D eigenvalue weighted by Gasteiger charge is 2.38. The number of carbonyl (C=O) groups excluding carboxylic acids is 1. The van der Waals surface area contributed by atoms with Crippen LogP contribution in [0.4, 0.5) is 14.6 Å². The molecule has 156 valence electrons. The summed E-state index contributed by atoms with van der Waals surface area (Å²) in [4.78, 5) is 28.2. The maximum absolute atomic E-state index is 12.4. The van der Waals surface area contributed by atoms with Crippen LogP contribution < -0.4 is 9.47 Å². The van der Waals surface area contributed by atoms with E-state index in [1.54, 1.807) is 17.0 Å². The van der Waals surface area contributed by atoms with Gasteiger partial charge in [0, 0.05) is 18.5 Å². The third kappa shape index (κ3) is 4.61. The molecule has 0 saturated heterocycles. The van der Waals surface area contributed by atoms with Crippen LogP contribution in [0.1, 0.15) is 25.8 Å². The molecule has 0 N–H and O–H groups in total. The number of alkyl halides is 2. The number of hydrogen-bond acceptors (Lipinski definition) is 6. The lowest BCUT2D eigenvalue weighted by molar-refractivity contribution is -0.389. The Hall–Kier alpha value is -3.24. The summed E-state index contributed by atoms with van der Waals surface area (Å²) >= 11 is 0. The topological polar surface area (TPSA) is 99.7 Å². The minimum atomic E-state index is -2.91. The highest BCUT2D eigenvalue weighted by molar-refractivity contribution is 5.73. The first-order chi connectivity index (χ1) is 13.8. The van der Waals surface area contributed by atoms with E-state index in [0.717, 1.165) is 5.56 Å². The van der Waals surface area contributed by atoms with E-state index in [1.807, 2.05) is 6.92 Å². The number of rotatable bonds is 7. The number of amides is 1. The van der Waals surface area contributed by atoms with Crippen LogP contribution in [0.5, 0.6) is 11.8 Å².